The van der Waals surface area contributed by atoms with E-state index in [2.05, 4.69) is 5.32 Å². The number of nitrogens with one attached hydrogen (secondary N) is 1. The number of aryl methyl sites for hydroxylation is 1. The van der Waals surface area contributed by atoms with Crippen molar-refractivity contribution in [3.8, 4) is 5.75 Å². The van der Waals surface area contributed by atoms with Crippen LogP contribution in [-0.2, 0) is 9.53 Å². The number of nitrogens with zero attached hydrogens (tertiary/aromatic N) is 2. The first-order valence-corrected chi connectivity index (χ1v) is 9.71. The molecule has 0 aliphatic carbocycles. The number of carbonyl (C=O) groups excluding carboxylic acids is 2. The summed E-state index contributed by atoms with van der Waals surface area (Å²) in [6.45, 7) is 7.67. The van der Waals surface area contributed by atoms with Crippen LogP contribution in [0.25, 0.3) is 0 Å². The third kappa shape index (κ3) is 4.53. The molecule has 0 aromatic heterocycles. The molecule has 2 amide bonds. The molecule has 0 atom stereocenters. The van der Waals surface area contributed by atoms with Crippen LogP contribution in [0, 0.1) is 6.92 Å². The minimum absolute atomic E-state index is 0.0214. The zero-order valence-electron chi connectivity index (χ0n) is 16.2. The van der Waals surface area contributed by atoms with Crippen molar-refractivity contribution in [2.24, 2.45) is 0 Å². The predicted octanol–water partition coefficient (Wildman–Crippen LogP) is 1.80. The zero-order chi connectivity index (χ0) is 19.3. The van der Waals surface area contributed by atoms with Gasteiger partial charge in [0.05, 0.1) is 6.61 Å². The highest BCUT2D eigenvalue weighted by Gasteiger charge is 2.45. The fourth-order valence-electron chi connectivity index (χ4n) is 3.62. The predicted molar refractivity (Wildman–Crippen MR) is 102 cm³/mol. The number of piperazine rings is 1. The second-order valence-electron chi connectivity index (χ2n) is 7.14. The smallest absolute Gasteiger partial charge is 0.409 e. The molecule has 0 bridgehead atoms. The molecule has 1 aromatic rings. The van der Waals surface area contributed by atoms with Gasteiger partial charge in [0.2, 0.25) is 0 Å². The van der Waals surface area contributed by atoms with E-state index in [0.29, 0.717) is 45.6 Å². The summed E-state index contributed by atoms with van der Waals surface area (Å²) in [5.74, 6) is 0.745. The number of carbonyl (C=O) groups is 2. The second-order valence-corrected chi connectivity index (χ2v) is 7.14. The maximum absolute atomic E-state index is 13.4. The molecule has 0 unspecified atom stereocenters. The summed E-state index contributed by atoms with van der Waals surface area (Å²) >= 11 is 0. The standard InChI is InChI=1S/C20H29N3O4/c1-3-26-19(25)23-14-12-22(13-15-23)18(24)20(8-10-21-11-9-20)27-17-6-4-16(2)5-7-17/h4-7,21H,3,8-15H2,1-2H3. The fourth-order valence-corrected chi connectivity index (χ4v) is 3.62. The number of benzene rings is 1. The number of hydrogen-bond acceptors (Lipinski definition) is 5. The molecule has 2 aliphatic heterocycles. The van der Waals surface area contributed by atoms with E-state index in [0.717, 1.165) is 24.4 Å². The van der Waals surface area contributed by atoms with Crippen molar-refractivity contribution in [3.05, 3.63) is 29.8 Å². The summed E-state index contributed by atoms with van der Waals surface area (Å²) in [7, 11) is 0. The van der Waals surface area contributed by atoms with Crippen molar-refractivity contribution in [1.29, 1.82) is 0 Å². The molecule has 0 saturated carbocycles. The molecule has 0 radical (unpaired) electrons. The van der Waals surface area contributed by atoms with Crippen LogP contribution in [0.4, 0.5) is 4.79 Å². The van der Waals surface area contributed by atoms with Crippen LogP contribution in [0.1, 0.15) is 25.3 Å². The van der Waals surface area contributed by atoms with E-state index in [1.807, 2.05) is 36.1 Å². The fraction of sp³-hybridized carbons (Fsp3) is 0.600. The largest absolute Gasteiger partial charge is 0.477 e. The SMILES string of the molecule is CCOC(=O)N1CCN(C(=O)C2(Oc3ccc(C)cc3)CCNCC2)CC1. The monoisotopic (exact) mass is 375 g/mol. The molecule has 7 heteroatoms. The Morgan fingerprint density at radius 1 is 1.04 bits per heavy atom. The van der Waals surface area contributed by atoms with Gasteiger partial charge in [-0.1, -0.05) is 17.7 Å². The van der Waals surface area contributed by atoms with Crippen LogP contribution in [0.3, 0.4) is 0 Å². The van der Waals surface area contributed by atoms with E-state index in [4.69, 9.17) is 9.47 Å². The average Bonchev–Trinajstić information content (AvgIpc) is 2.70. The Balaban J connectivity index is 1.69. The van der Waals surface area contributed by atoms with Gasteiger partial charge in [0.15, 0.2) is 5.60 Å². The summed E-state index contributed by atoms with van der Waals surface area (Å²) in [4.78, 5) is 28.7. The van der Waals surface area contributed by atoms with E-state index in [1.165, 1.54) is 0 Å². The van der Waals surface area contributed by atoms with Gasteiger partial charge in [-0.3, -0.25) is 4.79 Å². The van der Waals surface area contributed by atoms with Gasteiger partial charge in [-0.05, 0) is 39.1 Å². The molecule has 7 nitrogen and oxygen atoms in total. The molecule has 148 valence electrons. The number of rotatable bonds is 4. The molecular weight excluding hydrogens is 346 g/mol. The zero-order valence-corrected chi connectivity index (χ0v) is 16.2. The minimum Gasteiger partial charge on any atom is -0.477 e. The normalized spacial score (nSPS) is 19.5. The third-order valence-electron chi connectivity index (χ3n) is 5.23. The van der Waals surface area contributed by atoms with Crippen molar-refractivity contribution < 1.29 is 19.1 Å². The number of amides is 2. The highest BCUT2D eigenvalue weighted by Crippen LogP contribution is 2.29. The third-order valence-corrected chi connectivity index (χ3v) is 5.23. The lowest BCUT2D eigenvalue weighted by atomic mass is 9.90. The summed E-state index contributed by atoms with van der Waals surface area (Å²) in [6, 6.07) is 7.83. The summed E-state index contributed by atoms with van der Waals surface area (Å²) in [5, 5.41) is 3.31. The summed E-state index contributed by atoms with van der Waals surface area (Å²) in [6.07, 6.45) is 0.965. The van der Waals surface area contributed by atoms with Crippen molar-refractivity contribution >= 4 is 12.0 Å². The minimum atomic E-state index is -0.841. The van der Waals surface area contributed by atoms with Crippen LogP contribution in [0.15, 0.2) is 24.3 Å². The van der Waals surface area contributed by atoms with Crippen molar-refractivity contribution in [2.75, 3.05) is 45.9 Å². The lowest BCUT2D eigenvalue weighted by Crippen LogP contribution is -2.61. The van der Waals surface area contributed by atoms with Crippen LogP contribution in [0.2, 0.25) is 0 Å². The van der Waals surface area contributed by atoms with Gasteiger partial charge in [0.25, 0.3) is 5.91 Å². The molecule has 1 N–H and O–H groups in total. The van der Waals surface area contributed by atoms with Crippen molar-refractivity contribution in [2.45, 2.75) is 32.3 Å². The second kappa shape index (κ2) is 8.61. The molecule has 2 saturated heterocycles. The Morgan fingerprint density at radius 3 is 2.22 bits per heavy atom. The summed E-state index contributed by atoms with van der Waals surface area (Å²) in [5.41, 5.74) is 0.315. The first-order chi connectivity index (χ1) is 13.0. The van der Waals surface area contributed by atoms with Gasteiger partial charge >= 0.3 is 6.09 Å². The van der Waals surface area contributed by atoms with Gasteiger partial charge in [-0.25, -0.2) is 4.79 Å². The Bertz CT molecular complexity index is 648. The Kier molecular flexibility index (Phi) is 6.21. The quantitative estimate of drug-likeness (QED) is 0.869. The topological polar surface area (TPSA) is 71.1 Å². The number of hydrogen-bond donors (Lipinski definition) is 1. The van der Waals surface area contributed by atoms with Crippen LogP contribution in [-0.4, -0.2) is 73.3 Å². The molecule has 2 fully saturated rings. The lowest BCUT2D eigenvalue weighted by molar-refractivity contribution is -0.152. The van der Waals surface area contributed by atoms with Gasteiger partial charge in [-0.2, -0.15) is 0 Å². The van der Waals surface area contributed by atoms with Gasteiger partial charge < -0.3 is 24.6 Å². The highest BCUT2D eigenvalue weighted by molar-refractivity contribution is 5.86. The van der Waals surface area contributed by atoms with Crippen molar-refractivity contribution in [3.63, 3.8) is 0 Å². The van der Waals surface area contributed by atoms with E-state index < -0.39 is 5.60 Å². The summed E-state index contributed by atoms with van der Waals surface area (Å²) < 4.78 is 11.3. The highest BCUT2D eigenvalue weighted by atomic mass is 16.6. The Morgan fingerprint density at radius 2 is 1.63 bits per heavy atom. The average molecular weight is 375 g/mol. The maximum Gasteiger partial charge on any atom is 0.409 e. The molecule has 2 aliphatic rings. The Hall–Kier alpha value is -2.28. The maximum atomic E-state index is 13.4. The van der Waals surface area contributed by atoms with Gasteiger partial charge in [-0.15, -0.1) is 0 Å². The molecule has 1 aromatic carbocycles. The van der Waals surface area contributed by atoms with Gasteiger partial charge in [0.1, 0.15) is 5.75 Å². The van der Waals surface area contributed by atoms with E-state index in [1.54, 1.807) is 11.8 Å². The molecule has 3 rings (SSSR count). The van der Waals surface area contributed by atoms with Crippen LogP contribution in [0.5, 0.6) is 5.75 Å². The number of ether oxygens (including phenoxy) is 2. The van der Waals surface area contributed by atoms with Gasteiger partial charge in [0, 0.05) is 39.0 Å². The first kappa shape index (κ1) is 19.5. The van der Waals surface area contributed by atoms with E-state index >= 15 is 0 Å². The molecule has 0 spiro atoms. The molecule has 2 heterocycles. The Labute approximate surface area is 160 Å². The van der Waals surface area contributed by atoms with Crippen molar-refractivity contribution in [1.82, 2.24) is 15.1 Å². The first-order valence-electron chi connectivity index (χ1n) is 9.71. The number of piperidine rings is 1. The molecular formula is C20H29N3O4. The van der Waals surface area contributed by atoms with E-state index in [9.17, 15) is 9.59 Å². The molecule has 27 heavy (non-hydrogen) atoms. The van der Waals surface area contributed by atoms with Crippen LogP contribution < -0.4 is 10.1 Å². The van der Waals surface area contributed by atoms with E-state index in [-0.39, 0.29) is 12.0 Å². The van der Waals surface area contributed by atoms with Crippen LogP contribution >= 0.6 is 0 Å². The lowest BCUT2D eigenvalue weighted by Gasteiger charge is -2.42.